The number of carbonyl (C=O) groups excluding carboxylic acids is 1. The van der Waals surface area contributed by atoms with Gasteiger partial charge < -0.3 is 15.0 Å². The lowest BCUT2D eigenvalue weighted by Crippen LogP contribution is -2.21. The summed E-state index contributed by atoms with van der Waals surface area (Å²) < 4.78 is 43.3. The number of alkyl halides is 3. The molecule has 0 unspecified atom stereocenters. The molecule has 0 radical (unpaired) electrons. The van der Waals surface area contributed by atoms with Crippen molar-refractivity contribution in [3.8, 4) is 5.75 Å². The van der Waals surface area contributed by atoms with Gasteiger partial charge in [-0.15, -0.1) is 0 Å². The van der Waals surface area contributed by atoms with E-state index in [2.05, 4.69) is 20.6 Å². The minimum Gasteiger partial charge on any atom is -0.484 e. The van der Waals surface area contributed by atoms with Crippen molar-refractivity contribution in [3.05, 3.63) is 65.1 Å². The molecule has 0 aliphatic carbocycles. The summed E-state index contributed by atoms with van der Waals surface area (Å²) >= 11 is 1.59. The number of nitrogens with zero attached hydrogens (tertiary/aromatic N) is 2. The molecule has 2 aromatic carbocycles. The first-order valence-electron chi connectivity index (χ1n) is 8.79. The number of ether oxygens (including phenoxy) is 1. The molecule has 150 valence electrons. The first-order valence-corrected chi connectivity index (χ1v) is 9.67. The first kappa shape index (κ1) is 19.4. The Bertz CT molecular complexity index is 987. The SMILES string of the molecule is O=C(COc1cccc(C(F)(F)F)c1)Nc1ccc(C2=CSC3=NCCN23)cc1. The van der Waals surface area contributed by atoms with Crippen LogP contribution in [0.5, 0.6) is 5.75 Å². The highest BCUT2D eigenvalue weighted by atomic mass is 32.2. The largest absolute Gasteiger partial charge is 0.484 e. The number of benzene rings is 2. The van der Waals surface area contributed by atoms with Gasteiger partial charge in [0.25, 0.3) is 5.91 Å². The average molecular weight is 419 g/mol. The molecule has 0 aromatic heterocycles. The lowest BCUT2D eigenvalue weighted by atomic mass is 10.1. The van der Waals surface area contributed by atoms with Crippen molar-refractivity contribution in [1.82, 2.24) is 4.90 Å². The second-order valence-electron chi connectivity index (χ2n) is 6.38. The molecule has 2 aliphatic rings. The molecule has 2 aliphatic heterocycles. The van der Waals surface area contributed by atoms with E-state index in [0.717, 1.165) is 41.7 Å². The van der Waals surface area contributed by atoms with Crippen LogP contribution in [0.15, 0.2) is 58.9 Å². The highest BCUT2D eigenvalue weighted by Gasteiger charge is 2.30. The molecule has 29 heavy (non-hydrogen) atoms. The molecule has 0 spiro atoms. The van der Waals surface area contributed by atoms with Crippen molar-refractivity contribution in [2.75, 3.05) is 25.0 Å². The average Bonchev–Trinajstić information content (AvgIpc) is 3.31. The van der Waals surface area contributed by atoms with Gasteiger partial charge >= 0.3 is 6.18 Å². The highest BCUT2D eigenvalue weighted by molar-refractivity contribution is 8.16. The molecule has 5 nitrogen and oxygen atoms in total. The molecule has 4 rings (SSSR count). The maximum atomic E-state index is 12.7. The van der Waals surface area contributed by atoms with Crippen molar-refractivity contribution in [2.45, 2.75) is 6.18 Å². The van der Waals surface area contributed by atoms with Crippen LogP contribution in [0.4, 0.5) is 18.9 Å². The first-order chi connectivity index (χ1) is 13.9. The summed E-state index contributed by atoms with van der Waals surface area (Å²) in [6.45, 7) is 1.26. The third-order valence-corrected chi connectivity index (χ3v) is 5.27. The van der Waals surface area contributed by atoms with Crippen LogP contribution in [0.2, 0.25) is 0 Å². The fourth-order valence-corrected chi connectivity index (χ4v) is 3.94. The zero-order valence-corrected chi connectivity index (χ0v) is 15.9. The van der Waals surface area contributed by atoms with Gasteiger partial charge in [0.2, 0.25) is 0 Å². The number of anilines is 1. The number of hydrogen-bond donors (Lipinski definition) is 1. The lowest BCUT2D eigenvalue weighted by molar-refractivity contribution is -0.137. The third-order valence-electron chi connectivity index (χ3n) is 4.36. The van der Waals surface area contributed by atoms with Crippen LogP contribution >= 0.6 is 11.8 Å². The zero-order valence-electron chi connectivity index (χ0n) is 15.1. The van der Waals surface area contributed by atoms with Crippen molar-refractivity contribution >= 4 is 34.2 Å². The fourth-order valence-electron chi connectivity index (χ4n) is 2.98. The Balaban J connectivity index is 1.33. The van der Waals surface area contributed by atoms with Crippen LogP contribution in [0, 0.1) is 0 Å². The molecule has 2 aromatic rings. The fraction of sp³-hybridized carbons (Fsp3) is 0.200. The maximum Gasteiger partial charge on any atom is 0.416 e. The molecule has 1 N–H and O–H groups in total. The number of amidine groups is 1. The number of halogens is 3. The molecule has 0 saturated heterocycles. The summed E-state index contributed by atoms with van der Waals surface area (Å²) in [7, 11) is 0. The van der Waals surface area contributed by atoms with E-state index in [4.69, 9.17) is 4.74 Å². The van der Waals surface area contributed by atoms with Crippen molar-refractivity contribution in [1.29, 1.82) is 0 Å². The van der Waals surface area contributed by atoms with Crippen molar-refractivity contribution < 1.29 is 22.7 Å². The number of nitrogens with one attached hydrogen (secondary N) is 1. The number of amides is 1. The van der Waals surface area contributed by atoms with Crippen LogP contribution in [0.1, 0.15) is 11.1 Å². The molecule has 0 atom stereocenters. The van der Waals surface area contributed by atoms with E-state index in [-0.39, 0.29) is 5.75 Å². The predicted molar refractivity (Wildman–Crippen MR) is 107 cm³/mol. The number of rotatable bonds is 5. The second-order valence-corrected chi connectivity index (χ2v) is 7.21. The van der Waals surface area contributed by atoms with Crippen molar-refractivity contribution in [3.63, 3.8) is 0 Å². The van der Waals surface area contributed by atoms with Gasteiger partial charge in [-0.25, -0.2) is 0 Å². The smallest absolute Gasteiger partial charge is 0.416 e. The van der Waals surface area contributed by atoms with Gasteiger partial charge in [0.1, 0.15) is 5.75 Å². The third kappa shape index (κ3) is 4.40. The van der Waals surface area contributed by atoms with Gasteiger partial charge in [-0.2, -0.15) is 13.2 Å². The number of aliphatic imine (C=N–C) groups is 1. The minimum atomic E-state index is -4.46. The minimum absolute atomic E-state index is 0.0147. The highest BCUT2D eigenvalue weighted by Crippen LogP contribution is 2.35. The zero-order chi connectivity index (χ0) is 20.4. The maximum absolute atomic E-state index is 12.7. The molecular weight excluding hydrogens is 403 g/mol. The van der Waals surface area contributed by atoms with E-state index >= 15 is 0 Å². The van der Waals surface area contributed by atoms with Crippen LogP contribution in [-0.4, -0.2) is 35.7 Å². The predicted octanol–water partition coefficient (Wildman–Crippen LogP) is 4.44. The standard InChI is InChI=1S/C20H16F3N3O2S/c21-20(22,23)14-2-1-3-16(10-14)28-11-18(27)25-15-6-4-13(5-7-15)17-12-29-19-24-8-9-26(17)19/h1-7,10,12H,8-9,11H2,(H,25,27). The number of hydrogen-bond acceptors (Lipinski definition) is 5. The Morgan fingerprint density at radius 3 is 2.76 bits per heavy atom. The van der Waals surface area contributed by atoms with Gasteiger partial charge in [-0.3, -0.25) is 9.79 Å². The molecular formula is C20H16F3N3O2S. The van der Waals surface area contributed by atoms with E-state index in [1.54, 1.807) is 23.9 Å². The quantitative estimate of drug-likeness (QED) is 0.779. The summed E-state index contributed by atoms with van der Waals surface area (Å²) in [5, 5.41) is 5.73. The van der Waals surface area contributed by atoms with Crippen molar-refractivity contribution in [2.24, 2.45) is 4.99 Å². The number of thioether (sulfide) groups is 1. The second kappa shape index (κ2) is 7.82. The molecule has 0 saturated carbocycles. The van der Waals surface area contributed by atoms with Crippen LogP contribution in [-0.2, 0) is 11.0 Å². The van der Waals surface area contributed by atoms with Crippen LogP contribution in [0.3, 0.4) is 0 Å². The molecule has 0 bridgehead atoms. The summed E-state index contributed by atoms with van der Waals surface area (Å²) in [5.41, 5.74) is 1.85. The monoisotopic (exact) mass is 419 g/mol. The normalized spacial score (nSPS) is 15.6. The Kier molecular flexibility index (Phi) is 5.23. The van der Waals surface area contributed by atoms with E-state index in [1.165, 1.54) is 12.1 Å². The van der Waals surface area contributed by atoms with E-state index in [1.807, 2.05) is 12.1 Å². The summed E-state index contributed by atoms with van der Waals surface area (Å²) in [4.78, 5) is 18.6. The topological polar surface area (TPSA) is 53.9 Å². The number of fused-ring (bicyclic) bond motifs is 1. The van der Waals surface area contributed by atoms with Crippen LogP contribution in [0.25, 0.3) is 5.70 Å². The van der Waals surface area contributed by atoms with Gasteiger partial charge in [0.05, 0.1) is 17.8 Å². The molecule has 9 heteroatoms. The van der Waals surface area contributed by atoms with Crippen LogP contribution < -0.4 is 10.1 Å². The van der Waals surface area contributed by atoms with Gasteiger partial charge in [-0.1, -0.05) is 30.0 Å². The lowest BCUT2D eigenvalue weighted by Gasteiger charge is -2.17. The summed E-state index contributed by atoms with van der Waals surface area (Å²) in [6.07, 6.45) is -4.46. The Morgan fingerprint density at radius 2 is 2.00 bits per heavy atom. The van der Waals surface area contributed by atoms with Gasteiger partial charge in [0.15, 0.2) is 11.8 Å². The molecule has 1 amide bonds. The number of carbonyl (C=O) groups is 1. The summed E-state index contributed by atoms with van der Waals surface area (Å²) in [6, 6.07) is 11.8. The molecule has 0 fully saturated rings. The van der Waals surface area contributed by atoms with E-state index in [0.29, 0.717) is 5.69 Å². The summed E-state index contributed by atoms with van der Waals surface area (Å²) in [5.74, 6) is -0.473. The Labute approximate surface area is 169 Å². The van der Waals surface area contributed by atoms with E-state index < -0.39 is 24.3 Å². The Hall–Kier alpha value is -2.94. The van der Waals surface area contributed by atoms with E-state index in [9.17, 15) is 18.0 Å². The molecule has 2 heterocycles. The van der Waals surface area contributed by atoms with Gasteiger partial charge in [0, 0.05) is 17.6 Å². The Morgan fingerprint density at radius 1 is 1.21 bits per heavy atom. The van der Waals surface area contributed by atoms with Gasteiger partial charge in [-0.05, 0) is 35.9 Å².